The van der Waals surface area contributed by atoms with Crippen LogP contribution < -0.4 is 4.74 Å². The second kappa shape index (κ2) is 9.05. The molecule has 0 aromatic heterocycles. The van der Waals surface area contributed by atoms with Crippen molar-refractivity contribution >= 4 is 11.5 Å². The second-order valence-corrected chi connectivity index (χ2v) is 8.66. The van der Waals surface area contributed by atoms with Crippen molar-refractivity contribution in [3.8, 4) is 5.75 Å². The Kier molecular flexibility index (Phi) is 6.24. The first kappa shape index (κ1) is 20.7. The fourth-order valence-electron chi connectivity index (χ4n) is 4.56. The van der Waals surface area contributed by atoms with Gasteiger partial charge in [-0.05, 0) is 79.5 Å². The molecule has 30 heavy (non-hydrogen) atoms. The summed E-state index contributed by atoms with van der Waals surface area (Å²) in [5, 5.41) is 9.06. The van der Waals surface area contributed by atoms with E-state index in [4.69, 9.17) is 9.84 Å². The SMILES string of the molecule is CC1=C(CN2CC(C(=O)O)C2)CCc2cc(OCCCc3ccccc3C)ccc21. The summed E-state index contributed by atoms with van der Waals surface area (Å²) in [5.74, 6) is 0.103. The number of carboxylic acids is 1. The van der Waals surface area contributed by atoms with E-state index in [1.54, 1.807) is 0 Å². The molecular weight excluding hydrogens is 374 g/mol. The summed E-state index contributed by atoms with van der Waals surface area (Å²) < 4.78 is 6.04. The van der Waals surface area contributed by atoms with Crippen LogP contribution in [0, 0.1) is 12.8 Å². The van der Waals surface area contributed by atoms with Gasteiger partial charge in [0.15, 0.2) is 0 Å². The van der Waals surface area contributed by atoms with E-state index in [1.807, 2.05) is 0 Å². The van der Waals surface area contributed by atoms with Crippen LogP contribution in [0.3, 0.4) is 0 Å². The Morgan fingerprint density at radius 3 is 2.70 bits per heavy atom. The van der Waals surface area contributed by atoms with Gasteiger partial charge in [0, 0.05) is 19.6 Å². The van der Waals surface area contributed by atoms with E-state index in [2.05, 4.69) is 61.2 Å². The van der Waals surface area contributed by atoms with Crippen LogP contribution in [0.1, 0.15) is 42.0 Å². The highest BCUT2D eigenvalue weighted by Gasteiger charge is 2.33. The van der Waals surface area contributed by atoms with Gasteiger partial charge in [-0.15, -0.1) is 0 Å². The Hall–Kier alpha value is -2.59. The first-order valence-electron chi connectivity index (χ1n) is 11.0. The number of aryl methyl sites for hydroxylation is 3. The van der Waals surface area contributed by atoms with Gasteiger partial charge in [-0.3, -0.25) is 9.69 Å². The van der Waals surface area contributed by atoms with Crippen LogP contribution in [0.5, 0.6) is 5.75 Å². The molecule has 0 unspecified atom stereocenters. The van der Waals surface area contributed by atoms with Gasteiger partial charge in [0.05, 0.1) is 12.5 Å². The molecule has 4 nitrogen and oxygen atoms in total. The molecule has 1 aliphatic heterocycles. The van der Waals surface area contributed by atoms with Crippen molar-refractivity contribution in [1.82, 2.24) is 4.90 Å². The third-order valence-electron chi connectivity index (χ3n) is 6.55. The number of likely N-dealkylation sites (tertiary alicyclic amines) is 1. The maximum atomic E-state index is 11.0. The zero-order chi connectivity index (χ0) is 21.1. The number of hydrogen-bond acceptors (Lipinski definition) is 3. The summed E-state index contributed by atoms with van der Waals surface area (Å²) in [6, 6.07) is 15.0. The topological polar surface area (TPSA) is 49.8 Å². The van der Waals surface area contributed by atoms with Crippen molar-refractivity contribution in [2.75, 3.05) is 26.2 Å². The van der Waals surface area contributed by atoms with Crippen LogP contribution in [-0.2, 0) is 17.6 Å². The minimum Gasteiger partial charge on any atom is -0.494 e. The number of carbonyl (C=O) groups is 1. The minimum absolute atomic E-state index is 0.188. The third kappa shape index (κ3) is 4.59. The van der Waals surface area contributed by atoms with Crippen molar-refractivity contribution in [2.24, 2.45) is 5.92 Å². The van der Waals surface area contributed by atoms with E-state index < -0.39 is 5.97 Å². The number of nitrogens with zero attached hydrogens (tertiary/aromatic N) is 1. The molecule has 2 aromatic rings. The maximum absolute atomic E-state index is 11.0. The van der Waals surface area contributed by atoms with E-state index >= 15 is 0 Å². The van der Waals surface area contributed by atoms with Gasteiger partial charge in [0.1, 0.15) is 5.75 Å². The highest BCUT2D eigenvalue weighted by Crippen LogP contribution is 2.34. The number of aliphatic carboxylic acids is 1. The first-order valence-corrected chi connectivity index (χ1v) is 11.0. The van der Waals surface area contributed by atoms with Crippen molar-refractivity contribution in [3.63, 3.8) is 0 Å². The van der Waals surface area contributed by atoms with E-state index in [0.717, 1.165) is 44.6 Å². The summed E-state index contributed by atoms with van der Waals surface area (Å²) in [5.41, 5.74) is 8.22. The predicted molar refractivity (Wildman–Crippen MR) is 120 cm³/mol. The quantitative estimate of drug-likeness (QED) is 0.645. The summed E-state index contributed by atoms with van der Waals surface area (Å²) in [6.07, 6.45) is 4.13. The van der Waals surface area contributed by atoms with Gasteiger partial charge in [-0.2, -0.15) is 0 Å². The van der Waals surface area contributed by atoms with Crippen molar-refractivity contribution < 1.29 is 14.6 Å². The van der Waals surface area contributed by atoms with E-state index in [1.165, 1.54) is 33.4 Å². The highest BCUT2D eigenvalue weighted by atomic mass is 16.5. The van der Waals surface area contributed by atoms with E-state index in [-0.39, 0.29) is 5.92 Å². The number of allylic oxidation sites excluding steroid dienone is 1. The Labute approximate surface area is 179 Å². The van der Waals surface area contributed by atoms with Gasteiger partial charge >= 0.3 is 5.97 Å². The molecule has 1 aliphatic carbocycles. The molecule has 1 N–H and O–H groups in total. The third-order valence-corrected chi connectivity index (χ3v) is 6.55. The molecule has 1 saturated heterocycles. The standard InChI is InChI=1S/C26H31NO3/c1-18-6-3-4-7-20(18)8-5-13-30-24-11-12-25-19(2)22(10-9-21(25)14-24)15-27-16-23(17-27)26(28)29/h3-4,6-7,11-12,14,23H,5,8-10,13,15-17H2,1-2H3,(H,28,29). The van der Waals surface area contributed by atoms with E-state index in [0.29, 0.717) is 13.1 Å². The van der Waals surface area contributed by atoms with Crippen molar-refractivity contribution in [2.45, 2.75) is 39.5 Å². The van der Waals surface area contributed by atoms with Crippen molar-refractivity contribution in [3.05, 3.63) is 70.3 Å². The molecule has 0 spiro atoms. The Morgan fingerprint density at radius 1 is 1.13 bits per heavy atom. The lowest BCUT2D eigenvalue weighted by molar-refractivity contribution is -0.147. The maximum Gasteiger partial charge on any atom is 0.309 e. The number of benzene rings is 2. The lowest BCUT2D eigenvalue weighted by atomic mass is 9.85. The van der Waals surface area contributed by atoms with Gasteiger partial charge in [0.2, 0.25) is 0 Å². The van der Waals surface area contributed by atoms with Crippen LogP contribution in [-0.4, -0.2) is 42.2 Å². The number of hydrogen-bond donors (Lipinski definition) is 1. The predicted octanol–water partition coefficient (Wildman–Crippen LogP) is 4.74. The zero-order valence-electron chi connectivity index (χ0n) is 18.0. The molecule has 1 heterocycles. The van der Waals surface area contributed by atoms with Gasteiger partial charge in [0.25, 0.3) is 0 Å². The molecule has 2 aliphatic rings. The number of carboxylic acid groups (broad SMARTS) is 1. The summed E-state index contributed by atoms with van der Waals surface area (Å²) in [4.78, 5) is 13.3. The molecule has 4 rings (SSSR count). The fraction of sp³-hybridized carbons (Fsp3) is 0.423. The second-order valence-electron chi connectivity index (χ2n) is 8.66. The van der Waals surface area contributed by atoms with Crippen LogP contribution >= 0.6 is 0 Å². The summed E-state index contributed by atoms with van der Waals surface area (Å²) in [6.45, 7) is 7.34. The van der Waals surface area contributed by atoms with Crippen LogP contribution in [0.4, 0.5) is 0 Å². The smallest absolute Gasteiger partial charge is 0.309 e. The average Bonchev–Trinajstić information content (AvgIpc) is 2.70. The molecular formula is C26H31NO3. The van der Waals surface area contributed by atoms with Crippen LogP contribution in [0.2, 0.25) is 0 Å². The first-order chi connectivity index (χ1) is 14.5. The van der Waals surface area contributed by atoms with Gasteiger partial charge in [-0.1, -0.05) is 35.9 Å². The fourth-order valence-corrected chi connectivity index (χ4v) is 4.56. The molecule has 0 amide bonds. The van der Waals surface area contributed by atoms with Gasteiger partial charge < -0.3 is 9.84 Å². The molecule has 1 fully saturated rings. The largest absolute Gasteiger partial charge is 0.494 e. The average molecular weight is 406 g/mol. The number of fused-ring (bicyclic) bond motifs is 1. The van der Waals surface area contributed by atoms with Gasteiger partial charge in [-0.25, -0.2) is 0 Å². The Bertz CT molecular complexity index is 957. The molecule has 158 valence electrons. The normalized spacial score (nSPS) is 16.9. The van der Waals surface area contributed by atoms with E-state index in [9.17, 15) is 4.79 Å². The Balaban J connectivity index is 1.31. The molecule has 0 radical (unpaired) electrons. The molecule has 2 aromatic carbocycles. The zero-order valence-corrected chi connectivity index (χ0v) is 18.0. The molecule has 0 atom stereocenters. The summed E-state index contributed by atoms with van der Waals surface area (Å²) >= 11 is 0. The molecule has 4 heteroatoms. The lowest BCUT2D eigenvalue weighted by Crippen LogP contribution is -2.50. The minimum atomic E-state index is -0.669. The van der Waals surface area contributed by atoms with Crippen LogP contribution in [0.25, 0.3) is 5.57 Å². The number of rotatable bonds is 8. The van der Waals surface area contributed by atoms with Crippen LogP contribution in [0.15, 0.2) is 48.0 Å². The Morgan fingerprint density at radius 2 is 1.93 bits per heavy atom. The molecule has 0 saturated carbocycles. The number of ether oxygens (including phenoxy) is 1. The van der Waals surface area contributed by atoms with Crippen molar-refractivity contribution in [1.29, 1.82) is 0 Å². The molecule has 0 bridgehead atoms. The highest BCUT2D eigenvalue weighted by molar-refractivity contribution is 5.73. The monoisotopic (exact) mass is 405 g/mol. The summed E-state index contributed by atoms with van der Waals surface area (Å²) in [7, 11) is 0. The lowest BCUT2D eigenvalue weighted by Gasteiger charge is -2.38.